The summed E-state index contributed by atoms with van der Waals surface area (Å²) in [4.78, 5) is 14.3. The molecule has 0 radical (unpaired) electrons. The van der Waals surface area contributed by atoms with E-state index in [-0.39, 0.29) is 0 Å². The number of carbonyl (C=O) groups is 1. The van der Waals surface area contributed by atoms with Crippen molar-refractivity contribution < 1.29 is 9.53 Å². The SMILES string of the molecule is C1CCNCC1.O=Cc1cnccc1OC1CC1. The van der Waals surface area contributed by atoms with Gasteiger partial charge in [0.1, 0.15) is 5.75 Å². The van der Waals surface area contributed by atoms with E-state index in [0.717, 1.165) is 19.1 Å². The summed E-state index contributed by atoms with van der Waals surface area (Å²) >= 11 is 0. The lowest BCUT2D eigenvalue weighted by Crippen LogP contribution is -2.21. The normalized spacial score (nSPS) is 18.4. The van der Waals surface area contributed by atoms with Gasteiger partial charge in [-0.15, -0.1) is 0 Å². The fourth-order valence-electron chi connectivity index (χ4n) is 1.76. The number of aldehydes is 1. The highest BCUT2D eigenvalue weighted by atomic mass is 16.5. The van der Waals surface area contributed by atoms with Gasteiger partial charge in [0.2, 0.25) is 0 Å². The number of ether oxygens (including phenoxy) is 1. The lowest BCUT2D eigenvalue weighted by atomic mass is 10.2. The van der Waals surface area contributed by atoms with Crippen molar-refractivity contribution in [1.82, 2.24) is 10.3 Å². The van der Waals surface area contributed by atoms with Crippen molar-refractivity contribution in [2.45, 2.75) is 38.2 Å². The van der Waals surface area contributed by atoms with Crippen LogP contribution in [-0.4, -0.2) is 30.5 Å². The molecule has 0 bridgehead atoms. The van der Waals surface area contributed by atoms with Gasteiger partial charge in [-0.25, -0.2) is 0 Å². The molecule has 0 amide bonds. The molecule has 2 fully saturated rings. The van der Waals surface area contributed by atoms with Crippen molar-refractivity contribution in [2.24, 2.45) is 0 Å². The van der Waals surface area contributed by atoms with Gasteiger partial charge in [-0.2, -0.15) is 0 Å². The fourth-order valence-corrected chi connectivity index (χ4v) is 1.76. The third kappa shape index (κ3) is 4.45. The lowest BCUT2D eigenvalue weighted by molar-refractivity contribution is 0.111. The summed E-state index contributed by atoms with van der Waals surface area (Å²) in [7, 11) is 0. The zero-order valence-electron chi connectivity index (χ0n) is 10.6. The Morgan fingerprint density at radius 1 is 1.28 bits per heavy atom. The van der Waals surface area contributed by atoms with Gasteiger partial charge in [-0.3, -0.25) is 9.78 Å². The number of nitrogens with one attached hydrogen (secondary N) is 1. The molecule has 1 aromatic heterocycles. The zero-order chi connectivity index (χ0) is 12.6. The van der Waals surface area contributed by atoms with Gasteiger partial charge in [0.25, 0.3) is 0 Å². The van der Waals surface area contributed by atoms with E-state index in [2.05, 4.69) is 10.3 Å². The van der Waals surface area contributed by atoms with Crippen LogP contribution in [0.5, 0.6) is 5.75 Å². The van der Waals surface area contributed by atoms with Crippen LogP contribution in [0.15, 0.2) is 18.5 Å². The first-order chi connectivity index (χ1) is 8.90. The summed E-state index contributed by atoms with van der Waals surface area (Å²) in [5, 5.41) is 3.28. The van der Waals surface area contributed by atoms with E-state index in [1.807, 2.05) is 0 Å². The number of pyridine rings is 1. The van der Waals surface area contributed by atoms with E-state index >= 15 is 0 Å². The second kappa shape index (κ2) is 7.11. The molecule has 98 valence electrons. The molecule has 1 aromatic rings. The van der Waals surface area contributed by atoms with Crippen molar-refractivity contribution in [3.63, 3.8) is 0 Å². The molecule has 4 heteroatoms. The molecule has 18 heavy (non-hydrogen) atoms. The summed E-state index contributed by atoms with van der Waals surface area (Å²) in [6, 6.07) is 1.72. The van der Waals surface area contributed by atoms with Gasteiger partial charge >= 0.3 is 0 Å². The van der Waals surface area contributed by atoms with E-state index in [1.54, 1.807) is 12.3 Å². The van der Waals surface area contributed by atoms with Crippen molar-refractivity contribution >= 4 is 6.29 Å². The number of nitrogens with zero attached hydrogens (tertiary/aromatic N) is 1. The van der Waals surface area contributed by atoms with Gasteiger partial charge in [0.15, 0.2) is 6.29 Å². The minimum atomic E-state index is 0.325. The molecule has 0 aromatic carbocycles. The Morgan fingerprint density at radius 2 is 2.06 bits per heavy atom. The first kappa shape index (κ1) is 13.0. The van der Waals surface area contributed by atoms with Gasteiger partial charge in [0, 0.05) is 12.4 Å². The monoisotopic (exact) mass is 248 g/mol. The maximum atomic E-state index is 10.5. The molecule has 0 spiro atoms. The van der Waals surface area contributed by atoms with Gasteiger partial charge in [0.05, 0.1) is 11.7 Å². The average molecular weight is 248 g/mol. The van der Waals surface area contributed by atoms with Crippen molar-refractivity contribution in [3.05, 3.63) is 24.0 Å². The van der Waals surface area contributed by atoms with E-state index in [0.29, 0.717) is 17.4 Å². The summed E-state index contributed by atoms with van der Waals surface area (Å²) in [6.07, 6.45) is 10.7. The maximum Gasteiger partial charge on any atom is 0.155 e. The standard InChI is InChI=1S/C9H9NO2.C5H11N/c11-6-7-5-10-4-3-9(7)12-8-1-2-8;1-2-4-6-5-3-1/h3-6,8H,1-2H2;6H,1-5H2. The average Bonchev–Trinajstić information content (AvgIpc) is 3.26. The van der Waals surface area contributed by atoms with Crippen LogP contribution < -0.4 is 10.1 Å². The molecule has 1 saturated carbocycles. The topological polar surface area (TPSA) is 51.2 Å². The van der Waals surface area contributed by atoms with Crippen LogP contribution in [-0.2, 0) is 0 Å². The third-order valence-corrected chi connectivity index (χ3v) is 2.96. The number of piperidine rings is 1. The Balaban J connectivity index is 0.000000169. The van der Waals surface area contributed by atoms with Crippen LogP contribution in [0.3, 0.4) is 0 Å². The molecule has 2 heterocycles. The highest BCUT2D eigenvalue weighted by Crippen LogP contribution is 2.27. The van der Waals surface area contributed by atoms with Crippen molar-refractivity contribution in [3.8, 4) is 5.75 Å². The van der Waals surface area contributed by atoms with Gasteiger partial charge in [-0.1, -0.05) is 6.42 Å². The largest absolute Gasteiger partial charge is 0.490 e. The Kier molecular flexibility index (Phi) is 5.15. The number of aromatic nitrogens is 1. The quantitative estimate of drug-likeness (QED) is 0.833. The van der Waals surface area contributed by atoms with Gasteiger partial charge < -0.3 is 10.1 Å². The predicted molar refractivity (Wildman–Crippen MR) is 70.0 cm³/mol. The molecule has 1 aliphatic carbocycles. The first-order valence-electron chi connectivity index (χ1n) is 6.66. The number of hydrogen-bond acceptors (Lipinski definition) is 4. The van der Waals surface area contributed by atoms with Crippen molar-refractivity contribution in [1.29, 1.82) is 0 Å². The van der Waals surface area contributed by atoms with E-state index in [4.69, 9.17) is 4.74 Å². The van der Waals surface area contributed by atoms with E-state index in [1.165, 1.54) is 38.5 Å². The molecule has 1 N–H and O–H groups in total. The smallest absolute Gasteiger partial charge is 0.155 e. The van der Waals surface area contributed by atoms with E-state index in [9.17, 15) is 4.79 Å². The second-order valence-corrected chi connectivity index (χ2v) is 4.66. The molecule has 4 nitrogen and oxygen atoms in total. The van der Waals surface area contributed by atoms with Crippen LogP contribution in [0.1, 0.15) is 42.5 Å². The minimum absolute atomic E-state index is 0.325. The number of hydrogen-bond donors (Lipinski definition) is 1. The fraction of sp³-hybridized carbons (Fsp3) is 0.571. The molecular weight excluding hydrogens is 228 g/mol. The lowest BCUT2D eigenvalue weighted by Gasteiger charge is -2.08. The molecular formula is C14H20N2O2. The van der Waals surface area contributed by atoms with Crippen LogP contribution in [0.2, 0.25) is 0 Å². The van der Waals surface area contributed by atoms with Crippen molar-refractivity contribution in [2.75, 3.05) is 13.1 Å². The first-order valence-corrected chi connectivity index (χ1v) is 6.66. The molecule has 0 atom stereocenters. The van der Waals surface area contributed by atoms with Gasteiger partial charge in [-0.05, 0) is 44.8 Å². The van der Waals surface area contributed by atoms with Crippen LogP contribution >= 0.6 is 0 Å². The summed E-state index contributed by atoms with van der Waals surface area (Å²) in [5.41, 5.74) is 0.532. The Labute approximate surface area is 108 Å². The Bertz CT molecular complexity index is 362. The van der Waals surface area contributed by atoms with Crippen LogP contribution in [0, 0.1) is 0 Å². The maximum absolute atomic E-state index is 10.5. The molecule has 2 aliphatic rings. The number of carbonyl (C=O) groups excluding carboxylic acids is 1. The zero-order valence-corrected chi connectivity index (χ0v) is 10.6. The van der Waals surface area contributed by atoms with Crippen LogP contribution in [0.4, 0.5) is 0 Å². The summed E-state index contributed by atoms with van der Waals surface area (Å²) in [6.45, 7) is 2.50. The minimum Gasteiger partial charge on any atom is -0.490 e. The van der Waals surface area contributed by atoms with Crippen LogP contribution in [0.25, 0.3) is 0 Å². The molecule has 1 aliphatic heterocycles. The third-order valence-electron chi connectivity index (χ3n) is 2.96. The second-order valence-electron chi connectivity index (χ2n) is 4.66. The molecule has 3 rings (SSSR count). The Morgan fingerprint density at radius 3 is 2.56 bits per heavy atom. The summed E-state index contributed by atoms with van der Waals surface area (Å²) < 4.78 is 5.48. The van der Waals surface area contributed by atoms with E-state index < -0.39 is 0 Å². The molecule has 1 saturated heterocycles. The Hall–Kier alpha value is -1.42. The summed E-state index contributed by atoms with van der Waals surface area (Å²) in [5.74, 6) is 0.655. The number of rotatable bonds is 3. The molecule has 0 unspecified atom stereocenters. The highest BCUT2D eigenvalue weighted by molar-refractivity contribution is 5.78. The predicted octanol–water partition coefficient (Wildman–Crippen LogP) is 2.20. The highest BCUT2D eigenvalue weighted by Gasteiger charge is 2.24.